The zero-order chi connectivity index (χ0) is 16.3. The van der Waals surface area contributed by atoms with Gasteiger partial charge in [0.05, 0.1) is 4.92 Å². The van der Waals surface area contributed by atoms with Gasteiger partial charge in [-0.3, -0.25) is 29.5 Å². The smallest absolute Gasteiger partial charge is 0.269 e. The quantitative estimate of drug-likeness (QED) is 0.454. The summed E-state index contributed by atoms with van der Waals surface area (Å²) in [5.41, 5.74) is 0.887. The van der Waals surface area contributed by atoms with Gasteiger partial charge in [-0.15, -0.1) is 0 Å². The molecular formula is C15H19N3O4. The van der Waals surface area contributed by atoms with E-state index in [9.17, 15) is 19.7 Å². The van der Waals surface area contributed by atoms with Crippen LogP contribution in [0.25, 0.3) is 0 Å². The minimum absolute atomic E-state index is 0.0484. The minimum Gasteiger partial charge on any atom is -0.298 e. The standard InChI is InChI=1S/C15H19N3O4/c1-11(12-4-3-5-13(10-12)18(21)22)16(2)8-9-17-14(19)6-7-15(17)20/h3-5,10-11H,6-9H2,1-2H3/t11-/m0/s1. The number of hydrogen-bond donors (Lipinski definition) is 0. The van der Waals surface area contributed by atoms with E-state index in [-0.39, 0.29) is 23.5 Å². The molecule has 0 aromatic heterocycles. The summed E-state index contributed by atoms with van der Waals surface area (Å²) in [6.07, 6.45) is 0.589. The highest BCUT2D eigenvalue weighted by Gasteiger charge is 2.28. The third kappa shape index (κ3) is 3.48. The average molecular weight is 305 g/mol. The molecule has 118 valence electrons. The van der Waals surface area contributed by atoms with Crippen molar-refractivity contribution in [3.05, 3.63) is 39.9 Å². The number of nitrogens with zero attached hydrogens (tertiary/aromatic N) is 3. The molecule has 1 saturated heterocycles. The van der Waals surface area contributed by atoms with E-state index in [0.29, 0.717) is 25.9 Å². The summed E-state index contributed by atoms with van der Waals surface area (Å²) in [7, 11) is 1.87. The summed E-state index contributed by atoms with van der Waals surface area (Å²) in [6, 6.07) is 6.45. The maximum absolute atomic E-state index is 11.6. The van der Waals surface area contributed by atoms with Gasteiger partial charge in [-0.1, -0.05) is 12.1 Å². The van der Waals surface area contributed by atoms with Gasteiger partial charge in [0.15, 0.2) is 0 Å². The van der Waals surface area contributed by atoms with Crippen LogP contribution in [-0.4, -0.2) is 46.7 Å². The molecule has 1 aromatic carbocycles. The molecular weight excluding hydrogens is 286 g/mol. The van der Waals surface area contributed by atoms with Gasteiger partial charge in [0.2, 0.25) is 11.8 Å². The highest BCUT2D eigenvalue weighted by atomic mass is 16.6. The highest BCUT2D eigenvalue weighted by Crippen LogP contribution is 2.23. The molecule has 1 aromatic rings. The lowest BCUT2D eigenvalue weighted by molar-refractivity contribution is -0.384. The number of nitro benzene ring substituents is 1. The van der Waals surface area contributed by atoms with Crippen molar-refractivity contribution in [1.29, 1.82) is 0 Å². The number of carbonyl (C=O) groups excluding carboxylic acids is 2. The topological polar surface area (TPSA) is 83.8 Å². The van der Waals surface area contributed by atoms with Gasteiger partial charge >= 0.3 is 0 Å². The fourth-order valence-corrected chi connectivity index (χ4v) is 2.48. The summed E-state index contributed by atoms with van der Waals surface area (Å²) >= 11 is 0. The molecule has 0 saturated carbocycles. The van der Waals surface area contributed by atoms with E-state index >= 15 is 0 Å². The van der Waals surface area contributed by atoms with Gasteiger partial charge in [-0.05, 0) is 19.5 Å². The van der Waals surface area contributed by atoms with Crippen molar-refractivity contribution in [3.63, 3.8) is 0 Å². The Kier molecular flexibility index (Phi) is 4.87. The number of likely N-dealkylation sites (N-methyl/N-ethyl adjacent to an activating group) is 1. The van der Waals surface area contributed by atoms with Crippen molar-refractivity contribution in [3.8, 4) is 0 Å². The van der Waals surface area contributed by atoms with Crippen LogP contribution >= 0.6 is 0 Å². The Morgan fingerprint density at radius 3 is 2.55 bits per heavy atom. The van der Waals surface area contributed by atoms with Gasteiger partial charge in [0, 0.05) is 44.1 Å². The third-order valence-electron chi connectivity index (χ3n) is 4.06. The fraction of sp³-hybridized carbons (Fsp3) is 0.467. The van der Waals surface area contributed by atoms with Crippen LogP contribution in [0.1, 0.15) is 31.4 Å². The molecule has 2 rings (SSSR count). The van der Waals surface area contributed by atoms with E-state index < -0.39 is 4.92 Å². The first-order valence-electron chi connectivity index (χ1n) is 7.18. The first kappa shape index (κ1) is 16.1. The molecule has 7 nitrogen and oxygen atoms in total. The lowest BCUT2D eigenvalue weighted by atomic mass is 10.1. The maximum Gasteiger partial charge on any atom is 0.269 e. The number of amides is 2. The molecule has 1 atom stereocenters. The number of likely N-dealkylation sites (tertiary alicyclic amines) is 1. The van der Waals surface area contributed by atoms with Crippen molar-refractivity contribution in [2.75, 3.05) is 20.1 Å². The van der Waals surface area contributed by atoms with Crippen LogP contribution in [0.3, 0.4) is 0 Å². The Labute approximate surface area is 128 Å². The number of benzene rings is 1. The van der Waals surface area contributed by atoms with Gasteiger partial charge in [-0.2, -0.15) is 0 Å². The molecule has 2 amide bonds. The van der Waals surface area contributed by atoms with E-state index in [1.807, 2.05) is 24.9 Å². The molecule has 1 aliphatic rings. The van der Waals surface area contributed by atoms with Crippen molar-refractivity contribution >= 4 is 17.5 Å². The first-order chi connectivity index (χ1) is 10.4. The van der Waals surface area contributed by atoms with E-state index in [0.717, 1.165) is 5.56 Å². The Morgan fingerprint density at radius 2 is 1.95 bits per heavy atom. The summed E-state index contributed by atoms with van der Waals surface area (Å²) in [5, 5.41) is 10.8. The van der Waals surface area contributed by atoms with Crippen molar-refractivity contribution in [2.45, 2.75) is 25.8 Å². The van der Waals surface area contributed by atoms with Gasteiger partial charge in [-0.25, -0.2) is 0 Å². The molecule has 1 aliphatic heterocycles. The lowest BCUT2D eigenvalue weighted by Gasteiger charge is -2.26. The molecule has 1 heterocycles. The van der Waals surface area contributed by atoms with E-state index in [4.69, 9.17) is 0 Å². The van der Waals surface area contributed by atoms with Crippen LogP contribution in [0.15, 0.2) is 24.3 Å². The minimum atomic E-state index is -0.419. The molecule has 1 fully saturated rings. The second kappa shape index (κ2) is 6.65. The molecule has 7 heteroatoms. The Morgan fingerprint density at radius 1 is 1.32 bits per heavy atom. The third-order valence-corrected chi connectivity index (χ3v) is 4.06. The molecule has 0 unspecified atom stereocenters. The first-order valence-corrected chi connectivity index (χ1v) is 7.18. The number of imide groups is 1. The normalized spacial score (nSPS) is 16.4. The monoisotopic (exact) mass is 305 g/mol. The molecule has 22 heavy (non-hydrogen) atoms. The summed E-state index contributed by atoms with van der Waals surface area (Å²) < 4.78 is 0. The van der Waals surface area contributed by atoms with Crippen LogP contribution < -0.4 is 0 Å². The second-order valence-corrected chi connectivity index (χ2v) is 5.45. The summed E-state index contributed by atoms with van der Waals surface area (Å²) in [5.74, 6) is -0.247. The molecule has 0 spiro atoms. The van der Waals surface area contributed by atoms with Crippen LogP contribution in [0.4, 0.5) is 5.69 Å². The van der Waals surface area contributed by atoms with Crippen molar-refractivity contribution < 1.29 is 14.5 Å². The number of nitro groups is 1. The van der Waals surface area contributed by atoms with Crippen LogP contribution in [0.5, 0.6) is 0 Å². The predicted octanol–water partition coefficient (Wildman–Crippen LogP) is 1.74. The average Bonchev–Trinajstić information content (AvgIpc) is 2.83. The SMILES string of the molecule is C[C@@H](c1cccc([N+](=O)[O-])c1)N(C)CCN1C(=O)CCC1=O. The molecule has 0 N–H and O–H groups in total. The molecule has 0 bridgehead atoms. The van der Waals surface area contributed by atoms with Crippen LogP contribution in [0.2, 0.25) is 0 Å². The fourth-order valence-electron chi connectivity index (χ4n) is 2.48. The number of non-ortho nitro benzene ring substituents is 1. The summed E-state index contributed by atoms with van der Waals surface area (Å²) in [4.78, 5) is 36.8. The zero-order valence-electron chi connectivity index (χ0n) is 12.7. The van der Waals surface area contributed by atoms with Crippen molar-refractivity contribution in [2.24, 2.45) is 0 Å². The van der Waals surface area contributed by atoms with Crippen LogP contribution in [0, 0.1) is 10.1 Å². The van der Waals surface area contributed by atoms with Crippen LogP contribution in [-0.2, 0) is 9.59 Å². The van der Waals surface area contributed by atoms with E-state index in [2.05, 4.69) is 0 Å². The van der Waals surface area contributed by atoms with Gasteiger partial charge in [0.25, 0.3) is 5.69 Å². The number of rotatable bonds is 6. The Bertz CT molecular complexity index is 586. The zero-order valence-corrected chi connectivity index (χ0v) is 12.7. The predicted molar refractivity (Wildman–Crippen MR) is 80.1 cm³/mol. The van der Waals surface area contributed by atoms with Gasteiger partial charge in [0.1, 0.15) is 0 Å². The number of hydrogen-bond acceptors (Lipinski definition) is 5. The van der Waals surface area contributed by atoms with E-state index in [1.165, 1.54) is 11.0 Å². The highest BCUT2D eigenvalue weighted by molar-refractivity contribution is 6.01. The molecule has 0 aliphatic carbocycles. The molecule has 0 radical (unpaired) electrons. The maximum atomic E-state index is 11.6. The largest absolute Gasteiger partial charge is 0.298 e. The van der Waals surface area contributed by atoms with E-state index in [1.54, 1.807) is 12.1 Å². The second-order valence-electron chi connectivity index (χ2n) is 5.45. The van der Waals surface area contributed by atoms with Gasteiger partial charge < -0.3 is 0 Å². The summed E-state index contributed by atoms with van der Waals surface area (Å²) in [6.45, 7) is 2.82. The number of carbonyl (C=O) groups is 2. The Hall–Kier alpha value is -2.28. The Balaban J connectivity index is 1.98. The lowest BCUT2D eigenvalue weighted by Crippen LogP contribution is -2.37. The van der Waals surface area contributed by atoms with Crippen molar-refractivity contribution in [1.82, 2.24) is 9.80 Å².